The first kappa shape index (κ1) is 21.2. The largest absolute Gasteiger partial charge is 0.474 e. The molecule has 3 atom stereocenters. The first-order valence-electron chi connectivity index (χ1n) is 9.28. The zero-order valence-electron chi connectivity index (χ0n) is 16.5. The summed E-state index contributed by atoms with van der Waals surface area (Å²) in [6.07, 6.45) is 3.37. The number of hydrogen-bond acceptors (Lipinski definition) is 7. The van der Waals surface area contributed by atoms with E-state index < -0.39 is 5.97 Å². The third-order valence-electron chi connectivity index (χ3n) is 4.63. The van der Waals surface area contributed by atoms with Gasteiger partial charge in [0.15, 0.2) is 11.5 Å². The number of para-hydroxylation sites is 2. The minimum absolute atomic E-state index is 0.0257. The predicted molar refractivity (Wildman–Crippen MR) is 99.4 cm³/mol. The van der Waals surface area contributed by atoms with Gasteiger partial charge in [-0.3, -0.25) is 9.59 Å². The molecule has 1 saturated heterocycles. The molecule has 7 nitrogen and oxygen atoms in total. The lowest BCUT2D eigenvalue weighted by molar-refractivity contribution is -0.156. The SMILES string of the molecule is COC1CCCCC(C(C)OC(C)=O)N1COc1ccccc1OC(C)=O. The highest BCUT2D eigenvalue weighted by molar-refractivity contribution is 5.70. The number of benzene rings is 1. The number of esters is 2. The third kappa shape index (κ3) is 6.22. The average molecular weight is 379 g/mol. The van der Waals surface area contributed by atoms with E-state index in [1.165, 1.54) is 13.8 Å². The van der Waals surface area contributed by atoms with E-state index in [1.807, 2.05) is 13.0 Å². The molecule has 0 bridgehead atoms. The van der Waals surface area contributed by atoms with E-state index >= 15 is 0 Å². The maximum Gasteiger partial charge on any atom is 0.308 e. The highest BCUT2D eigenvalue weighted by Gasteiger charge is 2.34. The molecule has 0 aliphatic carbocycles. The lowest BCUT2D eigenvalue weighted by Crippen LogP contribution is -2.50. The number of methoxy groups -OCH3 is 1. The normalized spacial score (nSPS) is 21.8. The van der Waals surface area contributed by atoms with Gasteiger partial charge in [0.1, 0.15) is 19.1 Å². The van der Waals surface area contributed by atoms with Crippen LogP contribution < -0.4 is 9.47 Å². The highest BCUT2D eigenvalue weighted by Crippen LogP contribution is 2.30. The van der Waals surface area contributed by atoms with Crippen molar-refractivity contribution < 1.29 is 28.5 Å². The minimum Gasteiger partial charge on any atom is -0.474 e. The van der Waals surface area contributed by atoms with Gasteiger partial charge in [-0.1, -0.05) is 18.6 Å². The van der Waals surface area contributed by atoms with Crippen LogP contribution in [0, 0.1) is 0 Å². The predicted octanol–water partition coefficient (Wildman–Crippen LogP) is 3.12. The highest BCUT2D eigenvalue weighted by atomic mass is 16.6. The van der Waals surface area contributed by atoms with Gasteiger partial charge in [0, 0.05) is 21.0 Å². The van der Waals surface area contributed by atoms with E-state index in [1.54, 1.807) is 25.3 Å². The molecule has 1 aliphatic heterocycles. The molecular formula is C20H29NO6. The second-order valence-electron chi connectivity index (χ2n) is 6.68. The summed E-state index contributed by atoms with van der Waals surface area (Å²) in [5.41, 5.74) is 0. The zero-order chi connectivity index (χ0) is 19.8. The summed E-state index contributed by atoms with van der Waals surface area (Å²) < 4.78 is 22.3. The Balaban J connectivity index is 2.17. The fourth-order valence-corrected chi connectivity index (χ4v) is 3.45. The molecular weight excluding hydrogens is 350 g/mol. The van der Waals surface area contributed by atoms with Gasteiger partial charge < -0.3 is 18.9 Å². The maximum absolute atomic E-state index is 11.4. The Morgan fingerprint density at radius 3 is 2.41 bits per heavy atom. The van der Waals surface area contributed by atoms with Crippen molar-refractivity contribution in [3.05, 3.63) is 24.3 Å². The first-order chi connectivity index (χ1) is 12.9. The quantitative estimate of drug-likeness (QED) is 0.532. The molecule has 1 fully saturated rings. The van der Waals surface area contributed by atoms with Crippen LogP contribution in [-0.2, 0) is 19.1 Å². The fourth-order valence-electron chi connectivity index (χ4n) is 3.45. The number of hydrogen-bond donors (Lipinski definition) is 0. The molecule has 1 aromatic rings. The van der Waals surface area contributed by atoms with Gasteiger partial charge in [-0.05, 0) is 38.3 Å². The van der Waals surface area contributed by atoms with Crippen molar-refractivity contribution in [2.75, 3.05) is 13.8 Å². The van der Waals surface area contributed by atoms with E-state index in [9.17, 15) is 9.59 Å². The van der Waals surface area contributed by atoms with Crippen LogP contribution in [0.2, 0.25) is 0 Å². The van der Waals surface area contributed by atoms with Crippen LogP contribution in [0.3, 0.4) is 0 Å². The van der Waals surface area contributed by atoms with E-state index in [0.29, 0.717) is 11.5 Å². The standard InChI is InChI=1S/C20H29NO6/c1-14(26-15(2)22)17-9-5-8-12-20(24-4)21(17)13-25-18-10-6-7-11-19(18)27-16(3)23/h6-7,10-11,14,17,20H,5,8-9,12-13H2,1-4H3. The summed E-state index contributed by atoms with van der Waals surface area (Å²) in [6.45, 7) is 4.89. The summed E-state index contributed by atoms with van der Waals surface area (Å²) in [6, 6.07) is 7.01. The van der Waals surface area contributed by atoms with Crippen molar-refractivity contribution in [3.8, 4) is 11.5 Å². The molecule has 0 saturated carbocycles. The Bertz CT molecular complexity index is 635. The van der Waals surface area contributed by atoms with Crippen molar-refractivity contribution in [1.29, 1.82) is 0 Å². The van der Waals surface area contributed by atoms with Gasteiger partial charge in [-0.15, -0.1) is 0 Å². The van der Waals surface area contributed by atoms with Gasteiger partial charge in [0.2, 0.25) is 0 Å². The number of likely N-dealkylation sites (tertiary alicyclic amines) is 1. The number of rotatable bonds is 7. The Morgan fingerprint density at radius 2 is 1.78 bits per heavy atom. The molecule has 1 aromatic carbocycles. The van der Waals surface area contributed by atoms with Crippen molar-refractivity contribution in [2.45, 2.75) is 64.8 Å². The molecule has 0 radical (unpaired) electrons. The Kier molecular flexibility index (Phi) is 8.06. The van der Waals surface area contributed by atoms with Gasteiger partial charge >= 0.3 is 11.9 Å². The summed E-state index contributed by atoms with van der Waals surface area (Å²) >= 11 is 0. The second-order valence-corrected chi connectivity index (χ2v) is 6.68. The molecule has 0 spiro atoms. The summed E-state index contributed by atoms with van der Waals surface area (Å²) in [5.74, 6) is 0.141. The Morgan fingerprint density at radius 1 is 1.11 bits per heavy atom. The second kappa shape index (κ2) is 10.3. The third-order valence-corrected chi connectivity index (χ3v) is 4.63. The Hall–Kier alpha value is -2.12. The van der Waals surface area contributed by atoms with E-state index in [2.05, 4.69) is 4.90 Å². The van der Waals surface area contributed by atoms with Crippen LogP contribution in [0.5, 0.6) is 11.5 Å². The topological polar surface area (TPSA) is 74.3 Å². The molecule has 0 N–H and O–H groups in total. The smallest absolute Gasteiger partial charge is 0.308 e. The van der Waals surface area contributed by atoms with Crippen LogP contribution in [-0.4, -0.2) is 49.1 Å². The monoisotopic (exact) mass is 379 g/mol. The molecule has 0 aromatic heterocycles. The van der Waals surface area contributed by atoms with E-state index in [4.69, 9.17) is 18.9 Å². The minimum atomic E-state index is -0.406. The Labute approximate surface area is 160 Å². The zero-order valence-corrected chi connectivity index (χ0v) is 16.5. The van der Waals surface area contributed by atoms with Crippen LogP contribution in [0.15, 0.2) is 24.3 Å². The lowest BCUT2D eigenvalue weighted by Gasteiger charge is -2.37. The molecule has 3 unspecified atom stereocenters. The molecule has 27 heavy (non-hydrogen) atoms. The summed E-state index contributed by atoms with van der Waals surface area (Å²) in [5, 5.41) is 0. The average Bonchev–Trinajstić information content (AvgIpc) is 2.82. The van der Waals surface area contributed by atoms with Crippen molar-refractivity contribution in [2.24, 2.45) is 0 Å². The van der Waals surface area contributed by atoms with Crippen LogP contribution in [0.1, 0.15) is 46.5 Å². The van der Waals surface area contributed by atoms with E-state index in [-0.39, 0.29) is 31.1 Å². The van der Waals surface area contributed by atoms with Crippen molar-refractivity contribution >= 4 is 11.9 Å². The van der Waals surface area contributed by atoms with Crippen LogP contribution >= 0.6 is 0 Å². The number of nitrogens with zero attached hydrogens (tertiary/aromatic N) is 1. The van der Waals surface area contributed by atoms with Crippen LogP contribution in [0.4, 0.5) is 0 Å². The molecule has 1 aliphatic rings. The molecule has 150 valence electrons. The number of carbonyl (C=O) groups excluding carboxylic acids is 2. The van der Waals surface area contributed by atoms with Gasteiger partial charge in [-0.25, -0.2) is 4.90 Å². The van der Waals surface area contributed by atoms with Crippen molar-refractivity contribution in [1.82, 2.24) is 4.90 Å². The molecule has 1 heterocycles. The van der Waals surface area contributed by atoms with Gasteiger partial charge in [0.05, 0.1) is 6.04 Å². The number of carbonyl (C=O) groups is 2. The van der Waals surface area contributed by atoms with Gasteiger partial charge in [0.25, 0.3) is 0 Å². The van der Waals surface area contributed by atoms with Crippen molar-refractivity contribution in [3.63, 3.8) is 0 Å². The fraction of sp³-hybridized carbons (Fsp3) is 0.600. The van der Waals surface area contributed by atoms with E-state index in [0.717, 1.165) is 25.7 Å². The molecule has 0 amide bonds. The molecule has 7 heteroatoms. The molecule has 2 rings (SSSR count). The number of ether oxygens (including phenoxy) is 4. The summed E-state index contributed by atoms with van der Waals surface area (Å²) in [7, 11) is 1.67. The maximum atomic E-state index is 11.4. The van der Waals surface area contributed by atoms with Gasteiger partial charge in [-0.2, -0.15) is 0 Å². The first-order valence-corrected chi connectivity index (χ1v) is 9.28. The summed E-state index contributed by atoms with van der Waals surface area (Å²) in [4.78, 5) is 24.8. The van der Waals surface area contributed by atoms with Crippen LogP contribution in [0.25, 0.3) is 0 Å². The lowest BCUT2D eigenvalue weighted by atomic mass is 10.1.